The summed E-state index contributed by atoms with van der Waals surface area (Å²) in [6, 6.07) is 1.69. The highest BCUT2D eigenvalue weighted by molar-refractivity contribution is 9.10. The predicted molar refractivity (Wildman–Crippen MR) is 58.2 cm³/mol. The number of nitrogens with zero attached hydrogens (tertiary/aromatic N) is 1. The van der Waals surface area contributed by atoms with Crippen LogP contribution in [0.1, 0.15) is 16.9 Å². The average molecular weight is 273 g/mol. The van der Waals surface area contributed by atoms with E-state index in [2.05, 4.69) is 20.9 Å². The number of aromatic amines is 1. The lowest BCUT2D eigenvalue weighted by Crippen LogP contribution is -2.35. The summed E-state index contributed by atoms with van der Waals surface area (Å²) in [5, 5.41) is 0. The van der Waals surface area contributed by atoms with Crippen molar-refractivity contribution < 1.29 is 9.18 Å². The molecule has 1 aliphatic rings. The Kier molecular flexibility index (Phi) is 2.90. The number of carbonyl (C=O) groups is 1. The molecule has 2 heterocycles. The van der Waals surface area contributed by atoms with Gasteiger partial charge in [0.2, 0.25) is 0 Å². The first kappa shape index (κ1) is 10.4. The van der Waals surface area contributed by atoms with E-state index in [0.717, 1.165) is 4.47 Å². The molecule has 0 spiro atoms. The largest absolute Gasteiger partial charge is 0.356 e. The highest BCUT2D eigenvalue weighted by Gasteiger charge is 2.20. The second kappa shape index (κ2) is 4.18. The maximum atomic E-state index is 13.0. The van der Waals surface area contributed by atoms with E-state index < -0.39 is 0 Å². The molecule has 0 atom stereocenters. The van der Waals surface area contributed by atoms with Crippen LogP contribution < -0.4 is 0 Å². The molecule has 0 saturated carbocycles. The summed E-state index contributed by atoms with van der Waals surface area (Å²) in [6.07, 6.45) is 3.79. The zero-order valence-corrected chi connectivity index (χ0v) is 9.55. The number of amides is 1. The van der Waals surface area contributed by atoms with Crippen LogP contribution in [0, 0.1) is 0 Å². The lowest BCUT2D eigenvalue weighted by atomic mass is 10.2. The molecular weight excluding hydrogens is 263 g/mol. The normalized spacial score (nSPS) is 16.4. The van der Waals surface area contributed by atoms with E-state index in [1.165, 1.54) is 11.0 Å². The monoisotopic (exact) mass is 272 g/mol. The molecule has 80 valence electrons. The van der Waals surface area contributed by atoms with E-state index in [9.17, 15) is 9.18 Å². The van der Waals surface area contributed by atoms with Gasteiger partial charge in [0.25, 0.3) is 5.91 Å². The van der Waals surface area contributed by atoms with Gasteiger partial charge >= 0.3 is 0 Å². The van der Waals surface area contributed by atoms with E-state index in [0.29, 0.717) is 18.7 Å². The fraction of sp³-hybridized carbons (Fsp3) is 0.300. The minimum Gasteiger partial charge on any atom is -0.356 e. The maximum Gasteiger partial charge on any atom is 0.270 e. The van der Waals surface area contributed by atoms with E-state index in [1.807, 2.05) is 0 Å². The second-order valence-corrected chi connectivity index (χ2v) is 4.31. The third kappa shape index (κ3) is 2.28. The third-order valence-corrected chi connectivity index (χ3v) is 2.73. The number of hydrogen-bond donors (Lipinski definition) is 1. The molecule has 15 heavy (non-hydrogen) atoms. The quantitative estimate of drug-likeness (QED) is 0.838. The first-order valence-corrected chi connectivity index (χ1v) is 5.44. The molecule has 0 fully saturated rings. The molecule has 1 aromatic heterocycles. The van der Waals surface area contributed by atoms with Gasteiger partial charge in [-0.3, -0.25) is 4.79 Å². The fourth-order valence-electron chi connectivity index (χ4n) is 1.54. The van der Waals surface area contributed by atoms with Crippen LogP contribution in [0.15, 0.2) is 28.6 Å². The number of nitrogens with one attached hydrogen (secondary N) is 1. The van der Waals surface area contributed by atoms with Crippen LogP contribution in [0.4, 0.5) is 4.39 Å². The fourth-order valence-corrected chi connectivity index (χ4v) is 1.88. The van der Waals surface area contributed by atoms with Crippen molar-refractivity contribution in [1.29, 1.82) is 0 Å². The van der Waals surface area contributed by atoms with Gasteiger partial charge in [0, 0.05) is 17.2 Å². The smallest absolute Gasteiger partial charge is 0.270 e. The summed E-state index contributed by atoms with van der Waals surface area (Å²) in [7, 11) is 0. The van der Waals surface area contributed by atoms with Gasteiger partial charge in [-0.15, -0.1) is 0 Å². The van der Waals surface area contributed by atoms with E-state index in [-0.39, 0.29) is 18.3 Å². The molecule has 5 heteroatoms. The second-order valence-electron chi connectivity index (χ2n) is 3.40. The van der Waals surface area contributed by atoms with E-state index >= 15 is 0 Å². The standard InChI is InChI=1S/C10H10BrFN2O/c11-7-4-9(13-5-7)10(15)14-3-1-2-8(12)6-14/h2,4-5,13H,1,3,6H2. The summed E-state index contributed by atoms with van der Waals surface area (Å²) >= 11 is 3.25. The van der Waals surface area contributed by atoms with Crippen molar-refractivity contribution in [2.24, 2.45) is 0 Å². The Morgan fingerprint density at radius 3 is 3.00 bits per heavy atom. The van der Waals surface area contributed by atoms with Gasteiger partial charge < -0.3 is 9.88 Å². The highest BCUT2D eigenvalue weighted by atomic mass is 79.9. The van der Waals surface area contributed by atoms with Crippen LogP contribution in [0.5, 0.6) is 0 Å². The highest BCUT2D eigenvalue weighted by Crippen LogP contribution is 2.16. The van der Waals surface area contributed by atoms with Crippen molar-refractivity contribution in [1.82, 2.24) is 9.88 Å². The third-order valence-electron chi connectivity index (χ3n) is 2.27. The minimum absolute atomic E-state index is 0.0788. The topological polar surface area (TPSA) is 36.1 Å². The lowest BCUT2D eigenvalue weighted by molar-refractivity contribution is 0.0750. The molecule has 0 aromatic carbocycles. The molecular formula is C10H10BrFN2O. The molecule has 0 bridgehead atoms. The van der Waals surface area contributed by atoms with Crippen molar-refractivity contribution >= 4 is 21.8 Å². The first-order chi connectivity index (χ1) is 7.16. The Morgan fingerprint density at radius 1 is 1.60 bits per heavy atom. The van der Waals surface area contributed by atoms with Crippen molar-refractivity contribution in [3.05, 3.63) is 34.3 Å². The van der Waals surface area contributed by atoms with Crippen LogP contribution in [0.2, 0.25) is 0 Å². The number of aromatic nitrogens is 1. The van der Waals surface area contributed by atoms with Gasteiger partial charge in [-0.1, -0.05) is 0 Å². The molecule has 1 aliphatic heterocycles. The number of hydrogen-bond acceptors (Lipinski definition) is 1. The number of halogens is 2. The number of rotatable bonds is 1. The van der Waals surface area contributed by atoms with Crippen LogP contribution in [0.25, 0.3) is 0 Å². The summed E-state index contributed by atoms with van der Waals surface area (Å²) in [5.41, 5.74) is 0.483. The van der Waals surface area contributed by atoms with Crippen molar-refractivity contribution in [2.75, 3.05) is 13.1 Å². The van der Waals surface area contributed by atoms with Crippen LogP contribution in [0.3, 0.4) is 0 Å². The number of carbonyl (C=O) groups excluding carboxylic acids is 1. The van der Waals surface area contributed by atoms with Gasteiger partial charge in [0.15, 0.2) is 0 Å². The van der Waals surface area contributed by atoms with Gasteiger partial charge in [0.05, 0.1) is 6.54 Å². The molecule has 0 aliphatic carbocycles. The molecule has 0 saturated heterocycles. The van der Waals surface area contributed by atoms with Crippen molar-refractivity contribution in [3.63, 3.8) is 0 Å². The van der Waals surface area contributed by atoms with Crippen molar-refractivity contribution in [2.45, 2.75) is 6.42 Å². The van der Waals surface area contributed by atoms with E-state index in [4.69, 9.17) is 0 Å². The Morgan fingerprint density at radius 2 is 2.40 bits per heavy atom. The first-order valence-electron chi connectivity index (χ1n) is 4.64. The summed E-state index contributed by atoms with van der Waals surface area (Å²) in [5.74, 6) is -0.399. The molecule has 0 unspecified atom stereocenters. The Labute approximate surface area is 95.1 Å². The molecule has 1 aromatic rings. The number of H-pyrrole nitrogens is 1. The summed E-state index contributed by atoms with van der Waals surface area (Å²) in [4.78, 5) is 16.2. The zero-order chi connectivity index (χ0) is 10.8. The Hall–Kier alpha value is -1.10. The predicted octanol–water partition coefficient (Wildman–Crippen LogP) is 2.48. The van der Waals surface area contributed by atoms with Crippen LogP contribution in [-0.4, -0.2) is 28.9 Å². The van der Waals surface area contributed by atoms with E-state index in [1.54, 1.807) is 12.3 Å². The SMILES string of the molecule is O=C(c1cc(Br)c[nH]1)N1CCC=C(F)C1. The molecule has 2 rings (SSSR count). The molecule has 3 nitrogen and oxygen atoms in total. The minimum atomic E-state index is -0.236. The van der Waals surface area contributed by atoms with Gasteiger partial charge in [-0.2, -0.15) is 0 Å². The van der Waals surface area contributed by atoms with Crippen LogP contribution >= 0.6 is 15.9 Å². The molecule has 1 amide bonds. The van der Waals surface area contributed by atoms with Gasteiger partial charge in [-0.05, 0) is 34.5 Å². The van der Waals surface area contributed by atoms with Crippen LogP contribution in [-0.2, 0) is 0 Å². The average Bonchev–Trinajstić information content (AvgIpc) is 2.64. The lowest BCUT2D eigenvalue weighted by Gasteiger charge is -2.23. The summed E-state index contributed by atoms with van der Waals surface area (Å²) in [6.45, 7) is 0.651. The molecule has 1 N–H and O–H groups in total. The Balaban J connectivity index is 2.12. The Bertz CT molecular complexity index is 413. The molecule has 0 radical (unpaired) electrons. The van der Waals surface area contributed by atoms with Gasteiger partial charge in [0.1, 0.15) is 11.5 Å². The summed E-state index contributed by atoms with van der Waals surface area (Å²) < 4.78 is 13.8. The maximum absolute atomic E-state index is 13.0. The van der Waals surface area contributed by atoms with Gasteiger partial charge in [-0.25, -0.2) is 4.39 Å². The zero-order valence-electron chi connectivity index (χ0n) is 7.96. The van der Waals surface area contributed by atoms with Crippen molar-refractivity contribution in [3.8, 4) is 0 Å².